The second-order valence-corrected chi connectivity index (χ2v) is 20.1. The Balaban J connectivity index is 2.72. The number of hydrogen-bond acceptors (Lipinski definition) is 10. The van der Waals surface area contributed by atoms with Gasteiger partial charge in [0, 0.05) is 6.42 Å². The van der Waals surface area contributed by atoms with E-state index in [2.05, 4.69) is 99.0 Å². The van der Waals surface area contributed by atoms with Crippen LogP contribution in [0.5, 0.6) is 0 Å². The van der Waals surface area contributed by atoms with Crippen LogP contribution >= 0.6 is 0 Å². The molecule has 1 aliphatic rings. The number of nitrogens with one attached hydrogen (secondary N) is 1. The van der Waals surface area contributed by atoms with Gasteiger partial charge in [-0.2, -0.15) is 0 Å². The third-order valence-corrected chi connectivity index (χ3v) is 13.2. The van der Waals surface area contributed by atoms with Gasteiger partial charge in [-0.3, -0.25) is 9.59 Å². The standard InChI is InChI=1S/C65H107NO10/c1-4-7-10-13-16-19-22-25-27-28-29-30-31-32-33-35-38-41-44-47-50-53-60(70)76-63-62(72)61(71)59(54-67)75-65(63)74-55-56(57(68)51-48-45-42-39-36-24-21-18-15-12-9-6-3)66-64(73)58(69)52-49-46-43-40-37-34-26-23-20-17-14-11-8-5-2/h7-8,10-11,14,16-17,19-20,23,25-27,29-30,32-34,48,51,56-59,61-63,65,67-69,71-72H,4-6,9,12-13,15,18,21-22,24,28,31,35-47,49-50,52-55H2,1-3H3,(H,66,73)/b10-7-,11-8+,17-14+,19-16-,23-20+,27-25-,30-29-,33-32-,34-26-,51-48+. The van der Waals surface area contributed by atoms with E-state index in [1.165, 1.54) is 44.9 Å². The van der Waals surface area contributed by atoms with E-state index in [9.17, 15) is 35.1 Å². The number of rotatable bonds is 48. The quantitative estimate of drug-likeness (QED) is 0.0149. The maximum absolute atomic E-state index is 13.4. The van der Waals surface area contributed by atoms with Crippen molar-refractivity contribution in [2.75, 3.05) is 13.2 Å². The molecule has 0 aliphatic carbocycles. The minimum atomic E-state index is -1.63. The molecule has 1 rings (SSSR count). The van der Waals surface area contributed by atoms with Crippen LogP contribution in [0, 0.1) is 0 Å². The molecule has 0 bridgehead atoms. The molecule has 8 atom stereocenters. The number of carbonyl (C=O) groups excluding carboxylic acids is 2. The van der Waals surface area contributed by atoms with Crippen molar-refractivity contribution in [1.29, 1.82) is 0 Å². The van der Waals surface area contributed by atoms with E-state index in [1.54, 1.807) is 6.08 Å². The number of hydrogen-bond donors (Lipinski definition) is 6. The fourth-order valence-electron chi connectivity index (χ4n) is 8.51. The fraction of sp³-hybridized carbons (Fsp3) is 0.662. The van der Waals surface area contributed by atoms with Gasteiger partial charge < -0.3 is 45.1 Å². The molecule has 11 nitrogen and oxygen atoms in total. The molecular formula is C65H107NO10. The Kier molecular flexibility index (Phi) is 47.8. The number of carbonyl (C=O) groups is 2. The third-order valence-electron chi connectivity index (χ3n) is 13.2. The Morgan fingerprint density at radius 1 is 0.539 bits per heavy atom. The number of aliphatic hydroxyl groups excluding tert-OH is 5. The molecule has 0 saturated carbocycles. The molecule has 0 aromatic carbocycles. The van der Waals surface area contributed by atoms with Gasteiger partial charge in [-0.25, -0.2) is 0 Å². The number of amides is 1. The molecule has 1 saturated heterocycles. The zero-order valence-electron chi connectivity index (χ0n) is 47.6. The van der Waals surface area contributed by atoms with Crippen molar-refractivity contribution in [2.24, 2.45) is 0 Å². The Hall–Kier alpha value is -3.94. The molecule has 8 unspecified atom stereocenters. The molecule has 432 valence electrons. The molecule has 0 radical (unpaired) electrons. The first-order valence-electron chi connectivity index (χ1n) is 29.9. The first-order valence-corrected chi connectivity index (χ1v) is 29.9. The molecule has 0 aromatic heterocycles. The number of unbranched alkanes of at least 4 members (excludes halogenated alkanes) is 19. The normalized spacial score (nSPS) is 20.0. The van der Waals surface area contributed by atoms with Crippen LogP contribution in [0.15, 0.2) is 122 Å². The van der Waals surface area contributed by atoms with Crippen molar-refractivity contribution in [3.8, 4) is 0 Å². The van der Waals surface area contributed by atoms with Gasteiger partial charge >= 0.3 is 5.97 Å². The highest BCUT2D eigenvalue weighted by Crippen LogP contribution is 2.26. The van der Waals surface area contributed by atoms with Crippen molar-refractivity contribution < 1.29 is 49.3 Å². The van der Waals surface area contributed by atoms with E-state index < -0.39 is 67.4 Å². The Bertz CT molecular complexity index is 1690. The van der Waals surface area contributed by atoms with Crippen LogP contribution in [0.25, 0.3) is 0 Å². The monoisotopic (exact) mass is 1060 g/mol. The predicted octanol–water partition coefficient (Wildman–Crippen LogP) is 13.9. The van der Waals surface area contributed by atoms with Gasteiger partial charge in [0.15, 0.2) is 12.4 Å². The Morgan fingerprint density at radius 2 is 1.01 bits per heavy atom. The SMILES string of the molecule is CC/C=C\C/C=C\C/C=C\C/C=C\C/C=C\CCCCCCCC(=O)OC1C(OCC(NC(=O)C(O)CCCCCC\C=C/C=C/C=C/C=C/CC)C(O)/C=C/CCCCCCCCCCCC)OC(CO)C(O)C1O. The number of esters is 1. The highest BCUT2D eigenvalue weighted by atomic mass is 16.7. The number of ether oxygens (including phenoxy) is 3. The highest BCUT2D eigenvalue weighted by molar-refractivity contribution is 5.80. The van der Waals surface area contributed by atoms with Crippen LogP contribution in [-0.2, 0) is 23.8 Å². The Morgan fingerprint density at radius 3 is 1.58 bits per heavy atom. The van der Waals surface area contributed by atoms with Crippen molar-refractivity contribution in [3.05, 3.63) is 122 Å². The predicted molar refractivity (Wildman–Crippen MR) is 314 cm³/mol. The zero-order valence-corrected chi connectivity index (χ0v) is 47.6. The van der Waals surface area contributed by atoms with Crippen LogP contribution in [0.4, 0.5) is 0 Å². The van der Waals surface area contributed by atoms with Crippen LogP contribution in [0.1, 0.15) is 213 Å². The topological polar surface area (TPSA) is 175 Å². The van der Waals surface area contributed by atoms with E-state index in [0.29, 0.717) is 12.8 Å². The van der Waals surface area contributed by atoms with E-state index >= 15 is 0 Å². The minimum Gasteiger partial charge on any atom is -0.454 e. The summed E-state index contributed by atoms with van der Waals surface area (Å²) in [5.41, 5.74) is 0. The molecule has 1 aliphatic heterocycles. The lowest BCUT2D eigenvalue weighted by atomic mass is 9.99. The van der Waals surface area contributed by atoms with Crippen LogP contribution in [0.3, 0.4) is 0 Å². The maximum atomic E-state index is 13.4. The lowest BCUT2D eigenvalue weighted by Crippen LogP contribution is -2.61. The smallest absolute Gasteiger partial charge is 0.306 e. The number of allylic oxidation sites excluding steroid dienone is 19. The van der Waals surface area contributed by atoms with Crippen LogP contribution in [0.2, 0.25) is 0 Å². The first kappa shape index (κ1) is 70.1. The first-order chi connectivity index (χ1) is 37.2. The molecule has 6 N–H and O–H groups in total. The number of aliphatic hydroxyl groups is 5. The maximum Gasteiger partial charge on any atom is 0.306 e. The van der Waals surface area contributed by atoms with E-state index in [1.807, 2.05) is 42.5 Å². The molecule has 11 heteroatoms. The molecule has 1 amide bonds. The van der Waals surface area contributed by atoms with E-state index in [4.69, 9.17) is 14.2 Å². The Labute approximate surface area is 461 Å². The van der Waals surface area contributed by atoms with Gasteiger partial charge in [0.05, 0.1) is 25.4 Å². The van der Waals surface area contributed by atoms with Crippen LogP contribution in [-0.4, -0.2) is 99.6 Å². The molecule has 1 fully saturated rings. The second kappa shape index (κ2) is 51.8. The van der Waals surface area contributed by atoms with Gasteiger partial charge in [0.1, 0.15) is 24.4 Å². The largest absolute Gasteiger partial charge is 0.454 e. The van der Waals surface area contributed by atoms with E-state index in [-0.39, 0.29) is 19.4 Å². The summed E-state index contributed by atoms with van der Waals surface area (Å²) in [4.78, 5) is 26.5. The summed E-state index contributed by atoms with van der Waals surface area (Å²) in [5.74, 6) is -1.25. The lowest BCUT2D eigenvalue weighted by molar-refractivity contribution is -0.305. The molecular weight excluding hydrogens is 955 g/mol. The van der Waals surface area contributed by atoms with Crippen molar-refractivity contribution in [1.82, 2.24) is 5.32 Å². The van der Waals surface area contributed by atoms with Crippen molar-refractivity contribution >= 4 is 11.9 Å². The summed E-state index contributed by atoms with van der Waals surface area (Å²) in [6.45, 7) is 5.48. The highest BCUT2D eigenvalue weighted by Gasteiger charge is 2.47. The summed E-state index contributed by atoms with van der Waals surface area (Å²) < 4.78 is 17.6. The van der Waals surface area contributed by atoms with Gasteiger partial charge in [0.2, 0.25) is 5.91 Å². The molecule has 76 heavy (non-hydrogen) atoms. The lowest BCUT2D eigenvalue weighted by Gasteiger charge is -2.41. The van der Waals surface area contributed by atoms with Crippen molar-refractivity contribution in [3.63, 3.8) is 0 Å². The molecule has 0 aromatic rings. The third kappa shape index (κ3) is 39.4. The summed E-state index contributed by atoms with van der Waals surface area (Å²) in [5, 5.41) is 56.9. The molecule has 1 heterocycles. The summed E-state index contributed by atoms with van der Waals surface area (Å²) in [7, 11) is 0. The summed E-state index contributed by atoms with van der Waals surface area (Å²) in [6, 6.07) is -1.05. The van der Waals surface area contributed by atoms with Gasteiger partial charge in [-0.05, 0) is 89.9 Å². The molecule has 0 spiro atoms. The summed E-state index contributed by atoms with van der Waals surface area (Å²) >= 11 is 0. The summed E-state index contributed by atoms with van der Waals surface area (Å²) in [6.07, 6.45) is 60.9. The minimum absolute atomic E-state index is 0.0909. The van der Waals surface area contributed by atoms with Gasteiger partial charge in [0.25, 0.3) is 0 Å². The van der Waals surface area contributed by atoms with Gasteiger partial charge in [-0.1, -0.05) is 239 Å². The average Bonchev–Trinajstić information content (AvgIpc) is 3.42. The average molecular weight is 1060 g/mol. The van der Waals surface area contributed by atoms with Crippen molar-refractivity contribution in [2.45, 2.75) is 262 Å². The van der Waals surface area contributed by atoms with Crippen LogP contribution < -0.4 is 5.32 Å². The van der Waals surface area contributed by atoms with E-state index in [0.717, 1.165) is 122 Å². The second-order valence-electron chi connectivity index (χ2n) is 20.1. The fourth-order valence-corrected chi connectivity index (χ4v) is 8.51. The zero-order chi connectivity index (χ0) is 55.4. The van der Waals surface area contributed by atoms with Gasteiger partial charge in [-0.15, -0.1) is 0 Å².